The summed E-state index contributed by atoms with van der Waals surface area (Å²) in [6.45, 7) is 3.24. The summed E-state index contributed by atoms with van der Waals surface area (Å²) in [5.74, 6) is 0. The first kappa shape index (κ1) is 11.5. The molecule has 0 amide bonds. The highest BCUT2D eigenvalue weighted by Gasteiger charge is 2.11. The quantitative estimate of drug-likeness (QED) is 0.806. The van der Waals surface area contributed by atoms with E-state index in [0.29, 0.717) is 13.0 Å². The predicted molar refractivity (Wildman–Crippen MR) is 66.7 cm³/mol. The predicted octanol–water partition coefficient (Wildman–Crippen LogP) is 2.13. The first-order valence-corrected chi connectivity index (χ1v) is 5.84. The zero-order valence-electron chi connectivity index (χ0n) is 9.89. The van der Waals surface area contributed by atoms with Crippen LogP contribution in [0.5, 0.6) is 0 Å². The summed E-state index contributed by atoms with van der Waals surface area (Å²) in [7, 11) is 0. The lowest BCUT2D eigenvalue weighted by Gasteiger charge is -1.98. The van der Waals surface area contributed by atoms with Crippen LogP contribution in [0.2, 0.25) is 0 Å². The van der Waals surface area contributed by atoms with Crippen molar-refractivity contribution in [2.45, 2.75) is 32.9 Å². The maximum absolute atomic E-state index is 12.2. The summed E-state index contributed by atoms with van der Waals surface area (Å²) in [5, 5.41) is 8.63. The molecule has 0 unspecified atom stereocenters. The largest absolute Gasteiger partial charge is 0.329 e. The number of hydrogen-bond donors (Lipinski definition) is 0. The van der Waals surface area contributed by atoms with Crippen molar-refractivity contribution < 1.29 is 0 Å². The second-order valence-corrected chi connectivity index (χ2v) is 3.98. The summed E-state index contributed by atoms with van der Waals surface area (Å²) in [6.07, 6.45) is 1.28. The third-order valence-corrected chi connectivity index (χ3v) is 2.82. The monoisotopic (exact) mass is 229 g/mol. The van der Waals surface area contributed by atoms with Gasteiger partial charge < -0.3 is 0 Å². The van der Waals surface area contributed by atoms with Crippen LogP contribution in [0.3, 0.4) is 0 Å². The number of nitrogens with zero attached hydrogens (tertiary/aromatic N) is 3. The van der Waals surface area contributed by atoms with Gasteiger partial charge in [0.15, 0.2) is 0 Å². The molecule has 1 heterocycles. The highest BCUT2D eigenvalue weighted by molar-refractivity contribution is 5.75. The summed E-state index contributed by atoms with van der Waals surface area (Å²) in [6, 6.07) is 9.82. The van der Waals surface area contributed by atoms with Gasteiger partial charge in [0.05, 0.1) is 23.5 Å². The highest BCUT2D eigenvalue weighted by Crippen LogP contribution is 2.13. The van der Waals surface area contributed by atoms with Gasteiger partial charge in [0.25, 0.3) is 0 Å². The van der Waals surface area contributed by atoms with Gasteiger partial charge in [-0.1, -0.05) is 19.1 Å². The van der Waals surface area contributed by atoms with Crippen LogP contribution in [0.15, 0.2) is 29.1 Å². The van der Waals surface area contributed by atoms with E-state index < -0.39 is 0 Å². The van der Waals surface area contributed by atoms with E-state index >= 15 is 0 Å². The molecule has 1 aromatic heterocycles. The van der Waals surface area contributed by atoms with Crippen LogP contribution in [0.1, 0.15) is 19.8 Å². The topological polar surface area (TPSA) is 50.7 Å². The van der Waals surface area contributed by atoms with Crippen LogP contribution in [0.25, 0.3) is 11.0 Å². The van der Waals surface area contributed by atoms with Gasteiger partial charge in [-0.3, -0.25) is 9.13 Å². The zero-order valence-corrected chi connectivity index (χ0v) is 9.89. The molecule has 0 bridgehead atoms. The van der Waals surface area contributed by atoms with Crippen LogP contribution >= 0.6 is 0 Å². The second kappa shape index (κ2) is 4.88. The number of hydrogen-bond acceptors (Lipinski definition) is 2. The molecule has 0 aliphatic heterocycles. The molecule has 0 atom stereocenters. The minimum Gasteiger partial charge on any atom is -0.292 e. The Labute approximate surface area is 99.7 Å². The number of aryl methyl sites for hydroxylation is 2. The Morgan fingerprint density at radius 3 is 2.29 bits per heavy atom. The van der Waals surface area contributed by atoms with Crippen molar-refractivity contribution >= 4 is 11.0 Å². The first-order chi connectivity index (χ1) is 8.29. The molecule has 0 aliphatic rings. The number of benzene rings is 1. The van der Waals surface area contributed by atoms with Crippen molar-refractivity contribution in [2.75, 3.05) is 0 Å². The number of fused-ring (bicyclic) bond motifs is 1. The smallest absolute Gasteiger partial charge is 0.292 e. The maximum atomic E-state index is 12.2. The van der Waals surface area contributed by atoms with Crippen LogP contribution in [-0.4, -0.2) is 9.13 Å². The third kappa shape index (κ3) is 1.96. The fraction of sp³-hybridized carbons (Fsp3) is 0.385. The van der Waals surface area contributed by atoms with E-state index in [1.165, 1.54) is 0 Å². The van der Waals surface area contributed by atoms with Crippen LogP contribution in [0, 0.1) is 11.3 Å². The van der Waals surface area contributed by atoms with Gasteiger partial charge in [0.1, 0.15) is 0 Å². The van der Waals surface area contributed by atoms with Crippen molar-refractivity contribution in [1.82, 2.24) is 9.13 Å². The Hall–Kier alpha value is -2.02. The van der Waals surface area contributed by atoms with Crippen LogP contribution in [-0.2, 0) is 13.1 Å². The van der Waals surface area contributed by atoms with Gasteiger partial charge in [0, 0.05) is 13.1 Å². The lowest BCUT2D eigenvalue weighted by atomic mass is 10.3. The summed E-state index contributed by atoms with van der Waals surface area (Å²) >= 11 is 0. The zero-order chi connectivity index (χ0) is 12.3. The minimum absolute atomic E-state index is 0.0108. The lowest BCUT2D eigenvalue weighted by molar-refractivity contribution is 0.619. The molecule has 1 aromatic carbocycles. The molecule has 4 nitrogen and oxygen atoms in total. The minimum atomic E-state index is -0.0108. The summed E-state index contributed by atoms with van der Waals surface area (Å²) < 4.78 is 3.47. The fourth-order valence-corrected chi connectivity index (χ4v) is 2.09. The summed E-state index contributed by atoms with van der Waals surface area (Å²) in [4.78, 5) is 12.2. The first-order valence-electron chi connectivity index (χ1n) is 5.84. The van der Waals surface area contributed by atoms with E-state index in [9.17, 15) is 4.79 Å². The highest BCUT2D eigenvalue weighted by atomic mass is 16.1. The van der Waals surface area contributed by atoms with E-state index in [2.05, 4.69) is 6.07 Å². The molecule has 88 valence electrons. The van der Waals surface area contributed by atoms with Gasteiger partial charge in [0.2, 0.25) is 0 Å². The molecular weight excluding hydrogens is 214 g/mol. The maximum Gasteiger partial charge on any atom is 0.329 e. The SMILES string of the molecule is CCCn1c(=O)n(CCC#N)c2ccccc21. The molecule has 0 radical (unpaired) electrons. The molecule has 0 saturated carbocycles. The molecule has 17 heavy (non-hydrogen) atoms. The number of aromatic nitrogens is 2. The third-order valence-electron chi connectivity index (χ3n) is 2.82. The standard InChI is InChI=1S/C13H15N3O/c1-2-9-15-11-6-3-4-7-12(11)16(13(15)17)10-5-8-14/h3-4,6-7H,2,5,9-10H2,1H3. The normalized spacial score (nSPS) is 10.6. The van der Waals surface area contributed by atoms with E-state index in [1.54, 1.807) is 9.13 Å². The number of imidazole rings is 1. The average molecular weight is 229 g/mol. The Kier molecular flexibility index (Phi) is 3.29. The molecule has 2 aromatic rings. The van der Waals surface area contributed by atoms with E-state index in [-0.39, 0.29) is 5.69 Å². The molecule has 0 N–H and O–H groups in total. The lowest BCUT2D eigenvalue weighted by Crippen LogP contribution is -2.24. The number of rotatable bonds is 4. The molecule has 0 aliphatic carbocycles. The van der Waals surface area contributed by atoms with Crippen molar-refractivity contribution in [3.8, 4) is 6.07 Å². The average Bonchev–Trinajstić information content (AvgIpc) is 2.61. The molecule has 2 rings (SSSR count). The van der Waals surface area contributed by atoms with Gasteiger partial charge in [-0.25, -0.2) is 4.79 Å². The van der Waals surface area contributed by atoms with Gasteiger partial charge in [-0.2, -0.15) is 5.26 Å². The van der Waals surface area contributed by atoms with Gasteiger partial charge in [-0.15, -0.1) is 0 Å². The fourth-order valence-electron chi connectivity index (χ4n) is 2.09. The van der Waals surface area contributed by atoms with Crippen molar-refractivity contribution in [2.24, 2.45) is 0 Å². The van der Waals surface area contributed by atoms with E-state index in [1.807, 2.05) is 31.2 Å². The van der Waals surface area contributed by atoms with Crippen LogP contribution < -0.4 is 5.69 Å². The Balaban J connectivity index is 2.62. The van der Waals surface area contributed by atoms with Crippen molar-refractivity contribution in [3.63, 3.8) is 0 Å². The van der Waals surface area contributed by atoms with Gasteiger partial charge >= 0.3 is 5.69 Å². The summed E-state index contributed by atoms with van der Waals surface area (Å²) in [5.41, 5.74) is 1.86. The molecule has 0 fully saturated rings. The molecule has 4 heteroatoms. The Bertz CT molecular complexity index is 616. The molecular formula is C13H15N3O. The van der Waals surface area contributed by atoms with Gasteiger partial charge in [-0.05, 0) is 18.6 Å². The second-order valence-electron chi connectivity index (χ2n) is 3.98. The van der Waals surface area contributed by atoms with Crippen molar-refractivity contribution in [3.05, 3.63) is 34.7 Å². The Morgan fingerprint density at radius 2 is 1.76 bits per heavy atom. The van der Waals surface area contributed by atoms with E-state index in [4.69, 9.17) is 5.26 Å². The Morgan fingerprint density at radius 1 is 1.18 bits per heavy atom. The van der Waals surface area contributed by atoms with Crippen molar-refractivity contribution in [1.29, 1.82) is 5.26 Å². The van der Waals surface area contributed by atoms with E-state index in [0.717, 1.165) is 24.0 Å². The number of para-hydroxylation sites is 2. The molecule has 0 saturated heterocycles. The molecule has 0 spiro atoms. The van der Waals surface area contributed by atoms with Crippen LogP contribution in [0.4, 0.5) is 0 Å². The number of nitriles is 1.